The lowest BCUT2D eigenvalue weighted by molar-refractivity contribution is -0.142. The third-order valence-corrected chi connectivity index (χ3v) is 7.43. The fourth-order valence-corrected chi connectivity index (χ4v) is 4.54. The zero-order valence-corrected chi connectivity index (χ0v) is 28.1. The highest BCUT2D eigenvalue weighted by atomic mass is 16.4. The van der Waals surface area contributed by atoms with E-state index < -0.39 is 111 Å². The normalized spacial score (nSPS) is 14.5. The van der Waals surface area contributed by atoms with Crippen LogP contribution in [0.15, 0.2) is 30.3 Å². The number of aliphatic hydroxyl groups is 3. The Labute approximate surface area is 294 Å². The first-order valence-electron chi connectivity index (χ1n) is 16.2. The van der Waals surface area contributed by atoms with Crippen molar-refractivity contribution in [2.24, 2.45) is 11.5 Å². The smallest absolute Gasteiger partial charge is 0.326 e. The zero-order valence-electron chi connectivity index (χ0n) is 28.1. The number of benzene rings is 1. The Hall–Kier alpha value is -4.73. The third kappa shape index (κ3) is 17.7. The van der Waals surface area contributed by atoms with E-state index >= 15 is 0 Å². The molecule has 0 fully saturated rings. The molecule has 1 aromatic rings. The van der Waals surface area contributed by atoms with Crippen molar-refractivity contribution in [3.8, 4) is 0 Å². The quantitative estimate of drug-likeness (QED) is 0.0396. The summed E-state index contributed by atoms with van der Waals surface area (Å²) >= 11 is 0. The summed E-state index contributed by atoms with van der Waals surface area (Å²) in [6.45, 7) is -2.77. The van der Waals surface area contributed by atoms with Gasteiger partial charge in [-0.25, -0.2) is 4.79 Å². The number of unbranched alkanes of at least 4 members (excludes halogenated alkanes) is 1. The maximum Gasteiger partial charge on any atom is 0.326 e. The average Bonchev–Trinajstić information content (AvgIpc) is 3.10. The standard InChI is InChI=1S/C31H50N8O12/c32-11-5-4-8-19(13-34-23(16-41)29(48)39-22(31(50)51)12-18-6-2-1-3-7-18)36-30(49)24(17-42)37-25(43)14-35-28(47)21(9-10-26(44)45)38-27(46)20(33)15-40/h1-3,6-7,19-24,34,40-42H,4-5,8-17,32-33H2,(H,35,47)(H,36,49)(H,37,43)(H,38,46)(H,39,48)(H,44,45)(H,50,51). The number of aliphatic hydroxyl groups excluding tert-OH is 3. The van der Waals surface area contributed by atoms with Gasteiger partial charge in [0.05, 0.1) is 26.4 Å². The number of hydrogen-bond donors (Lipinski definition) is 13. The molecule has 20 heteroatoms. The van der Waals surface area contributed by atoms with Gasteiger partial charge in [0.2, 0.25) is 29.5 Å². The van der Waals surface area contributed by atoms with Crippen LogP contribution >= 0.6 is 0 Å². The van der Waals surface area contributed by atoms with Gasteiger partial charge in [0.15, 0.2) is 0 Å². The first-order valence-corrected chi connectivity index (χ1v) is 16.2. The van der Waals surface area contributed by atoms with Crippen LogP contribution < -0.4 is 43.4 Å². The van der Waals surface area contributed by atoms with Crippen molar-refractivity contribution in [1.29, 1.82) is 0 Å². The number of carboxylic acid groups (broad SMARTS) is 2. The van der Waals surface area contributed by atoms with Crippen LogP contribution in [-0.4, -0.2) is 143 Å². The molecule has 51 heavy (non-hydrogen) atoms. The summed E-state index contributed by atoms with van der Waals surface area (Å²) in [4.78, 5) is 85.9. The molecule has 0 saturated carbocycles. The summed E-state index contributed by atoms with van der Waals surface area (Å²) in [5.74, 6) is -6.97. The summed E-state index contributed by atoms with van der Waals surface area (Å²) in [6, 6.07) is 1.08. The van der Waals surface area contributed by atoms with Crippen molar-refractivity contribution in [1.82, 2.24) is 31.9 Å². The molecule has 6 unspecified atom stereocenters. The van der Waals surface area contributed by atoms with Crippen molar-refractivity contribution < 1.29 is 59.1 Å². The minimum atomic E-state index is -1.50. The van der Waals surface area contributed by atoms with Gasteiger partial charge < -0.3 is 68.9 Å². The average molecular weight is 727 g/mol. The number of hydrogen-bond acceptors (Lipinski definition) is 13. The minimum Gasteiger partial charge on any atom is -0.481 e. The van der Waals surface area contributed by atoms with Gasteiger partial charge in [-0.15, -0.1) is 0 Å². The van der Waals surface area contributed by atoms with Crippen LogP contribution in [-0.2, 0) is 40.0 Å². The second-order valence-corrected chi connectivity index (χ2v) is 11.5. The fraction of sp³-hybridized carbons (Fsp3) is 0.581. The van der Waals surface area contributed by atoms with E-state index in [0.717, 1.165) is 0 Å². The summed E-state index contributed by atoms with van der Waals surface area (Å²) < 4.78 is 0. The molecular weight excluding hydrogens is 676 g/mol. The van der Waals surface area contributed by atoms with E-state index in [1.54, 1.807) is 30.3 Å². The fourth-order valence-electron chi connectivity index (χ4n) is 4.54. The molecule has 1 aromatic carbocycles. The Morgan fingerprint density at radius 1 is 0.686 bits per heavy atom. The largest absolute Gasteiger partial charge is 0.481 e. The monoisotopic (exact) mass is 726 g/mol. The lowest BCUT2D eigenvalue weighted by Gasteiger charge is -2.26. The Bertz CT molecular complexity index is 1290. The van der Waals surface area contributed by atoms with Gasteiger partial charge in [0.1, 0.15) is 30.2 Å². The Morgan fingerprint density at radius 3 is 1.88 bits per heavy atom. The molecule has 0 saturated heterocycles. The molecule has 0 heterocycles. The van der Waals surface area contributed by atoms with Crippen LogP contribution in [0.3, 0.4) is 0 Å². The first-order chi connectivity index (χ1) is 24.3. The predicted octanol–water partition coefficient (Wildman–Crippen LogP) is -5.37. The first kappa shape index (κ1) is 44.3. The summed E-state index contributed by atoms with van der Waals surface area (Å²) in [5.41, 5.74) is 11.7. The molecule has 0 aliphatic carbocycles. The molecule has 1 rings (SSSR count). The van der Waals surface area contributed by atoms with Gasteiger partial charge in [-0.05, 0) is 31.4 Å². The second-order valence-electron chi connectivity index (χ2n) is 11.5. The van der Waals surface area contributed by atoms with Gasteiger partial charge in [0, 0.05) is 25.4 Å². The Kier molecular flexibility index (Phi) is 21.2. The van der Waals surface area contributed by atoms with Crippen molar-refractivity contribution in [2.45, 2.75) is 74.8 Å². The highest BCUT2D eigenvalue weighted by Gasteiger charge is 2.28. The van der Waals surface area contributed by atoms with Crippen molar-refractivity contribution in [3.05, 3.63) is 35.9 Å². The lowest BCUT2D eigenvalue weighted by Crippen LogP contribution is -2.57. The van der Waals surface area contributed by atoms with Crippen molar-refractivity contribution in [3.63, 3.8) is 0 Å². The number of carboxylic acids is 2. The van der Waals surface area contributed by atoms with Gasteiger partial charge >= 0.3 is 11.9 Å². The van der Waals surface area contributed by atoms with Crippen LogP contribution in [0.5, 0.6) is 0 Å². The molecule has 0 bridgehead atoms. The number of carbonyl (C=O) groups excluding carboxylic acids is 5. The Morgan fingerprint density at radius 2 is 1.31 bits per heavy atom. The SMILES string of the molecule is NCCCCC(CNC(CO)C(=O)NC(Cc1ccccc1)C(=O)O)NC(=O)C(CO)NC(=O)CNC(=O)C(CCC(=O)O)NC(=O)C(N)CO. The summed E-state index contributed by atoms with van der Waals surface area (Å²) in [6.07, 6.45) is 0.552. The van der Waals surface area contributed by atoms with Crippen LogP contribution in [0, 0.1) is 0 Å². The van der Waals surface area contributed by atoms with E-state index in [-0.39, 0.29) is 19.4 Å². The van der Waals surface area contributed by atoms with Gasteiger partial charge in [-0.3, -0.25) is 28.8 Å². The maximum atomic E-state index is 13.0. The molecule has 6 atom stereocenters. The number of rotatable bonds is 26. The van der Waals surface area contributed by atoms with Crippen LogP contribution in [0.2, 0.25) is 0 Å². The number of amides is 5. The highest BCUT2D eigenvalue weighted by molar-refractivity contribution is 5.93. The topological polar surface area (TPSA) is 345 Å². The molecule has 0 aromatic heterocycles. The molecule has 0 aliphatic heterocycles. The van der Waals surface area contributed by atoms with Crippen molar-refractivity contribution in [2.75, 3.05) is 39.5 Å². The van der Waals surface area contributed by atoms with E-state index in [4.69, 9.17) is 21.7 Å². The lowest BCUT2D eigenvalue weighted by atomic mass is 10.1. The molecule has 0 spiro atoms. The third-order valence-electron chi connectivity index (χ3n) is 7.43. The van der Waals surface area contributed by atoms with E-state index in [1.807, 2.05) is 0 Å². The number of nitrogens with two attached hydrogens (primary N) is 2. The highest BCUT2D eigenvalue weighted by Crippen LogP contribution is 2.05. The van der Waals surface area contributed by atoms with Gasteiger partial charge in [-0.2, -0.15) is 0 Å². The van der Waals surface area contributed by atoms with Crippen LogP contribution in [0.4, 0.5) is 0 Å². The van der Waals surface area contributed by atoms with Crippen LogP contribution in [0.1, 0.15) is 37.7 Å². The van der Waals surface area contributed by atoms with Crippen molar-refractivity contribution >= 4 is 41.5 Å². The number of aliphatic carboxylic acids is 2. The number of carbonyl (C=O) groups is 7. The van der Waals surface area contributed by atoms with Crippen LogP contribution in [0.25, 0.3) is 0 Å². The minimum absolute atomic E-state index is 0.00299. The van der Waals surface area contributed by atoms with E-state index in [1.165, 1.54) is 0 Å². The molecule has 286 valence electrons. The predicted molar refractivity (Wildman–Crippen MR) is 179 cm³/mol. The van der Waals surface area contributed by atoms with E-state index in [0.29, 0.717) is 31.4 Å². The molecular formula is C31H50N8O12. The molecule has 20 nitrogen and oxygen atoms in total. The van der Waals surface area contributed by atoms with Gasteiger partial charge in [0.25, 0.3) is 0 Å². The number of nitrogens with one attached hydrogen (secondary N) is 6. The maximum absolute atomic E-state index is 13.0. The summed E-state index contributed by atoms with van der Waals surface area (Å²) in [7, 11) is 0. The summed E-state index contributed by atoms with van der Waals surface area (Å²) in [5, 5.41) is 61.8. The molecule has 0 aliphatic rings. The van der Waals surface area contributed by atoms with Gasteiger partial charge in [-0.1, -0.05) is 36.8 Å². The second kappa shape index (κ2) is 24.4. The van der Waals surface area contributed by atoms with E-state index in [9.17, 15) is 48.9 Å². The Balaban J connectivity index is 2.84. The molecule has 5 amide bonds. The van der Waals surface area contributed by atoms with E-state index in [2.05, 4.69) is 31.9 Å². The zero-order chi connectivity index (χ0) is 38.3. The molecule has 0 radical (unpaired) electrons. The molecule has 15 N–H and O–H groups in total.